The molecule has 1 aliphatic rings. The van der Waals surface area contributed by atoms with Gasteiger partial charge < -0.3 is 4.74 Å². The van der Waals surface area contributed by atoms with Crippen LogP contribution >= 0.6 is 0 Å². The topological polar surface area (TPSA) is 9.23 Å². The Morgan fingerprint density at radius 3 is 1.69 bits per heavy atom. The zero-order chi connectivity index (χ0) is 32.1. The normalized spacial score (nSPS) is 12.2. The van der Waals surface area contributed by atoms with Crippen molar-refractivity contribution in [1.29, 1.82) is 0 Å². The average molecular weight is 621 g/mol. The van der Waals surface area contributed by atoms with Gasteiger partial charge >= 0.3 is 0 Å². The van der Waals surface area contributed by atoms with E-state index < -0.39 is 0 Å². The van der Waals surface area contributed by atoms with Crippen LogP contribution in [0.25, 0.3) is 98.0 Å². The van der Waals surface area contributed by atoms with Gasteiger partial charge in [-0.25, -0.2) is 0 Å². The fraction of sp³-hybridized carbons (Fsp3) is 0. The molecule has 0 N–H and O–H groups in total. The van der Waals surface area contributed by atoms with Crippen molar-refractivity contribution in [3.63, 3.8) is 0 Å². The Balaban J connectivity index is 1.24. The molecule has 0 aliphatic carbocycles. The third-order valence-corrected chi connectivity index (χ3v) is 10.6. The third kappa shape index (κ3) is 3.76. The highest BCUT2D eigenvalue weighted by Gasteiger charge is 2.24. The Labute approximate surface area is 283 Å². The Bertz CT molecular complexity index is 3020. The van der Waals surface area contributed by atoms with Crippen molar-refractivity contribution in [3.05, 3.63) is 170 Å². The van der Waals surface area contributed by atoms with E-state index in [1.165, 1.54) is 87.1 Å². The molecule has 0 unspecified atom stereocenters. The minimum Gasteiger partial charge on any atom is -0.455 e. The number of hydrogen-bond donors (Lipinski definition) is 0. The Morgan fingerprint density at radius 1 is 0.286 bits per heavy atom. The van der Waals surface area contributed by atoms with Gasteiger partial charge in [-0.05, 0) is 99.9 Å². The van der Waals surface area contributed by atoms with Gasteiger partial charge in [-0.15, -0.1) is 0 Å². The fourth-order valence-electron chi connectivity index (χ4n) is 8.47. The van der Waals surface area contributed by atoms with Gasteiger partial charge in [0.05, 0.1) is 0 Å². The van der Waals surface area contributed by atoms with Crippen LogP contribution < -0.4 is 4.74 Å². The van der Waals surface area contributed by atoms with Crippen molar-refractivity contribution >= 4 is 64.6 Å². The van der Waals surface area contributed by atoms with Crippen LogP contribution in [0.5, 0.6) is 11.5 Å². The summed E-state index contributed by atoms with van der Waals surface area (Å²) in [6.07, 6.45) is 0. The van der Waals surface area contributed by atoms with E-state index in [2.05, 4.69) is 170 Å². The van der Waals surface area contributed by atoms with Crippen molar-refractivity contribution in [2.45, 2.75) is 0 Å². The first kappa shape index (κ1) is 26.6. The Morgan fingerprint density at radius 2 is 0.837 bits per heavy atom. The van der Waals surface area contributed by atoms with Crippen molar-refractivity contribution in [2.24, 2.45) is 0 Å². The van der Waals surface area contributed by atoms with E-state index >= 15 is 0 Å². The second-order valence-corrected chi connectivity index (χ2v) is 13.2. The molecule has 0 bridgehead atoms. The minimum atomic E-state index is 0.909. The van der Waals surface area contributed by atoms with Crippen LogP contribution in [0.1, 0.15) is 0 Å². The molecule has 0 amide bonds. The maximum absolute atomic E-state index is 6.76. The van der Waals surface area contributed by atoms with E-state index in [1.54, 1.807) is 0 Å². The van der Waals surface area contributed by atoms with Crippen LogP contribution in [-0.4, -0.2) is 0 Å². The lowest BCUT2D eigenvalue weighted by molar-refractivity contribution is 0.493. The maximum atomic E-state index is 6.76. The zero-order valence-electron chi connectivity index (χ0n) is 26.6. The highest BCUT2D eigenvalue weighted by Crippen LogP contribution is 2.52. The maximum Gasteiger partial charge on any atom is 0.143 e. The van der Waals surface area contributed by atoms with Gasteiger partial charge in [0.2, 0.25) is 0 Å². The van der Waals surface area contributed by atoms with Gasteiger partial charge in [-0.1, -0.05) is 152 Å². The summed E-state index contributed by atoms with van der Waals surface area (Å²) in [5.41, 5.74) is 7.34. The summed E-state index contributed by atoms with van der Waals surface area (Å²) in [4.78, 5) is 0. The van der Waals surface area contributed by atoms with E-state index in [1.807, 2.05) is 0 Å². The molecule has 0 radical (unpaired) electrons. The van der Waals surface area contributed by atoms with Gasteiger partial charge in [0, 0.05) is 16.3 Å². The molecule has 1 nitrogen and oxygen atoms in total. The first-order chi connectivity index (χ1) is 24.3. The van der Waals surface area contributed by atoms with Crippen LogP contribution in [0, 0.1) is 0 Å². The van der Waals surface area contributed by atoms with Gasteiger partial charge in [-0.3, -0.25) is 0 Å². The molecule has 0 aromatic heterocycles. The largest absolute Gasteiger partial charge is 0.455 e. The van der Waals surface area contributed by atoms with Crippen LogP contribution in [-0.2, 0) is 0 Å². The monoisotopic (exact) mass is 620 g/mol. The molecule has 0 fully saturated rings. The van der Waals surface area contributed by atoms with Crippen molar-refractivity contribution in [2.75, 3.05) is 0 Å². The molecule has 0 saturated heterocycles. The Hall–Kier alpha value is -6.44. The lowest BCUT2D eigenvalue weighted by atomic mass is 9.84. The minimum absolute atomic E-state index is 0.909. The summed E-state index contributed by atoms with van der Waals surface area (Å²) >= 11 is 0. The molecule has 1 heterocycles. The van der Waals surface area contributed by atoms with Gasteiger partial charge in [0.15, 0.2) is 0 Å². The first-order valence-corrected chi connectivity index (χ1v) is 16.9. The molecule has 1 heteroatoms. The molecule has 11 rings (SSSR count). The smallest absolute Gasteiger partial charge is 0.143 e. The van der Waals surface area contributed by atoms with Gasteiger partial charge in [0.25, 0.3) is 0 Å². The molecule has 226 valence electrons. The summed E-state index contributed by atoms with van der Waals surface area (Å²) in [6, 6.07) is 62.1. The van der Waals surface area contributed by atoms with E-state index in [4.69, 9.17) is 4.74 Å². The van der Waals surface area contributed by atoms with Crippen LogP contribution in [0.3, 0.4) is 0 Å². The van der Waals surface area contributed by atoms with Crippen LogP contribution in [0.4, 0.5) is 0 Å². The summed E-state index contributed by atoms with van der Waals surface area (Å²) in [5, 5.41) is 14.8. The molecule has 0 atom stereocenters. The van der Waals surface area contributed by atoms with E-state index in [0.29, 0.717) is 0 Å². The number of rotatable bonds is 2. The van der Waals surface area contributed by atoms with Gasteiger partial charge in [0.1, 0.15) is 11.5 Å². The SMILES string of the molecule is c1ccc2c(-c3c4cccc(-c5ccc6c7c(cccc57)-c5ccc7ccccc7c5O6)c4cc4ccc5ccccc5c34)cccc2c1. The number of benzene rings is 10. The van der Waals surface area contributed by atoms with Crippen molar-refractivity contribution in [3.8, 4) is 44.9 Å². The summed E-state index contributed by atoms with van der Waals surface area (Å²) in [6.45, 7) is 0. The molecule has 49 heavy (non-hydrogen) atoms. The van der Waals surface area contributed by atoms with Gasteiger partial charge in [-0.2, -0.15) is 0 Å². The number of ether oxygens (including phenoxy) is 1. The standard InChI is InChI=1S/C48H28O/c1-4-14-33-29(10-1)13-7-18-38(33)47-41-21-8-17-36(43(41)28-32-23-22-30-11-2-5-15-34(30)45(32)47)37-26-27-44-46-39(37)19-9-20-40(46)42-25-24-31-12-3-6-16-35(31)48(42)49-44/h1-28H. The first-order valence-electron chi connectivity index (χ1n) is 16.9. The lowest BCUT2D eigenvalue weighted by Gasteiger charge is -2.24. The highest BCUT2D eigenvalue weighted by atomic mass is 16.5. The Kier molecular flexibility index (Phi) is 5.45. The summed E-state index contributed by atoms with van der Waals surface area (Å²) in [7, 11) is 0. The van der Waals surface area contributed by atoms with Crippen molar-refractivity contribution in [1.82, 2.24) is 0 Å². The van der Waals surface area contributed by atoms with E-state index in [9.17, 15) is 0 Å². The van der Waals surface area contributed by atoms with Crippen LogP contribution in [0.2, 0.25) is 0 Å². The second kappa shape index (κ2) is 10.0. The molecular formula is C48H28O. The van der Waals surface area contributed by atoms with Crippen molar-refractivity contribution < 1.29 is 4.74 Å². The molecule has 0 saturated carbocycles. The molecular weight excluding hydrogens is 593 g/mol. The summed E-state index contributed by atoms with van der Waals surface area (Å²) < 4.78 is 6.76. The lowest BCUT2D eigenvalue weighted by Crippen LogP contribution is -1.99. The van der Waals surface area contributed by atoms with E-state index in [0.717, 1.165) is 22.4 Å². The molecule has 0 spiro atoms. The molecule has 10 aromatic carbocycles. The molecule has 10 aromatic rings. The highest BCUT2D eigenvalue weighted by molar-refractivity contribution is 6.26. The summed E-state index contributed by atoms with van der Waals surface area (Å²) in [5.74, 6) is 1.85. The predicted octanol–water partition coefficient (Wildman–Crippen LogP) is 13.7. The zero-order valence-corrected chi connectivity index (χ0v) is 26.6. The fourth-order valence-corrected chi connectivity index (χ4v) is 8.47. The quantitative estimate of drug-likeness (QED) is 0.138. The number of fused-ring (bicyclic) bond motifs is 9. The predicted molar refractivity (Wildman–Crippen MR) is 208 cm³/mol. The third-order valence-electron chi connectivity index (χ3n) is 10.6. The molecule has 1 aliphatic heterocycles. The second-order valence-electron chi connectivity index (χ2n) is 13.2. The number of hydrogen-bond acceptors (Lipinski definition) is 1. The van der Waals surface area contributed by atoms with Crippen LogP contribution in [0.15, 0.2) is 170 Å². The van der Waals surface area contributed by atoms with E-state index in [-0.39, 0.29) is 0 Å². The average Bonchev–Trinajstić information content (AvgIpc) is 3.17.